The van der Waals surface area contributed by atoms with E-state index in [2.05, 4.69) is 20.3 Å². The summed E-state index contributed by atoms with van der Waals surface area (Å²) >= 11 is 0. The minimum Gasteiger partial charge on any atom is -0.300 e. The summed E-state index contributed by atoms with van der Waals surface area (Å²) in [4.78, 5) is 4.49. The van der Waals surface area contributed by atoms with E-state index in [-0.39, 0.29) is 0 Å². The molecule has 0 aliphatic heterocycles. The van der Waals surface area contributed by atoms with Crippen molar-refractivity contribution in [2.24, 2.45) is 5.92 Å². The van der Waals surface area contributed by atoms with Crippen molar-refractivity contribution >= 4 is 0 Å². The average molecular weight is 325 g/mol. The van der Waals surface area contributed by atoms with Crippen LogP contribution in [0.5, 0.6) is 0 Å². The van der Waals surface area contributed by atoms with Gasteiger partial charge < -0.3 is 4.90 Å². The molecule has 4 rings (SSSR count). The van der Waals surface area contributed by atoms with Crippen LogP contribution in [0.1, 0.15) is 44.9 Å². The normalized spacial score (nSPS) is 17.5. The van der Waals surface area contributed by atoms with E-state index in [1.165, 1.54) is 51.6 Å². The van der Waals surface area contributed by atoms with Crippen LogP contribution in [0.15, 0.2) is 30.3 Å². The molecule has 24 heavy (non-hydrogen) atoms. The summed E-state index contributed by atoms with van der Waals surface area (Å²) < 4.78 is 0. The maximum Gasteiger partial charge on any atom is 0.204 e. The molecule has 5 heteroatoms. The highest BCUT2D eigenvalue weighted by molar-refractivity contribution is 5.52. The predicted molar refractivity (Wildman–Crippen MR) is 94.4 cm³/mol. The molecule has 2 aliphatic carbocycles. The molecule has 0 atom stereocenters. The summed E-state index contributed by atoms with van der Waals surface area (Å²) in [6.45, 7) is 3.50. The van der Waals surface area contributed by atoms with E-state index < -0.39 is 0 Å². The van der Waals surface area contributed by atoms with Crippen LogP contribution in [-0.2, 0) is 6.54 Å². The van der Waals surface area contributed by atoms with E-state index in [1.54, 1.807) is 4.80 Å². The highest BCUT2D eigenvalue weighted by atomic mass is 15.6. The molecule has 0 saturated heterocycles. The van der Waals surface area contributed by atoms with Crippen LogP contribution < -0.4 is 0 Å². The number of unbranched alkanes of at least 4 members (excludes halogenated alkanes) is 2. The summed E-state index contributed by atoms with van der Waals surface area (Å²) in [6, 6.07) is 11.0. The lowest BCUT2D eigenvalue weighted by molar-refractivity contribution is 0.246. The van der Waals surface area contributed by atoms with Crippen LogP contribution in [0.4, 0.5) is 0 Å². The molecule has 0 amide bonds. The topological polar surface area (TPSA) is 46.8 Å². The van der Waals surface area contributed by atoms with Crippen LogP contribution in [0.25, 0.3) is 11.4 Å². The fourth-order valence-electron chi connectivity index (χ4n) is 3.28. The molecule has 2 saturated carbocycles. The largest absolute Gasteiger partial charge is 0.300 e. The third-order valence-corrected chi connectivity index (χ3v) is 5.04. The first-order valence-corrected chi connectivity index (χ1v) is 9.46. The lowest BCUT2D eigenvalue weighted by Gasteiger charge is -2.21. The van der Waals surface area contributed by atoms with Crippen molar-refractivity contribution in [1.82, 2.24) is 25.1 Å². The van der Waals surface area contributed by atoms with Gasteiger partial charge in [-0.25, -0.2) is 0 Å². The molecule has 0 bridgehead atoms. The second-order valence-electron chi connectivity index (χ2n) is 7.31. The summed E-state index contributed by atoms with van der Waals surface area (Å²) in [7, 11) is 0. The van der Waals surface area contributed by atoms with Crippen LogP contribution in [0, 0.1) is 5.92 Å². The van der Waals surface area contributed by atoms with Gasteiger partial charge in [0.25, 0.3) is 0 Å². The van der Waals surface area contributed by atoms with Gasteiger partial charge in [-0.15, -0.1) is 10.2 Å². The zero-order valence-corrected chi connectivity index (χ0v) is 14.3. The van der Waals surface area contributed by atoms with E-state index in [0.29, 0.717) is 0 Å². The van der Waals surface area contributed by atoms with Crippen LogP contribution >= 0.6 is 0 Å². The number of aromatic nitrogens is 4. The van der Waals surface area contributed by atoms with Crippen molar-refractivity contribution in [2.75, 3.05) is 13.1 Å². The summed E-state index contributed by atoms with van der Waals surface area (Å²) in [6.07, 6.45) is 9.46. The summed E-state index contributed by atoms with van der Waals surface area (Å²) in [5.74, 6) is 1.74. The molecule has 0 N–H and O–H groups in total. The van der Waals surface area contributed by atoms with Gasteiger partial charge in [0.15, 0.2) is 0 Å². The Hall–Kier alpha value is -1.75. The van der Waals surface area contributed by atoms with Crippen molar-refractivity contribution in [3.63, 3.8) is 0 Å². The lowest BCUT2D eigenvalue weighted by Crippen LogP contribution is -2.29. The number of aryl methyl sites for hydroxylation is 1. The zero-order chi connectivity index (χ0) is 16.2. The first kappa shape index (κ1) is 15.8. The minimum absolute atomic E-state index is 0.722. The molecular weight excluding hydrogens is 298 g/mol. The van der Waals surface area contributed by atoms with Gasteiger partial charge in [-0.05, 0) is 56.2 Å². The van der Waals surface area contributed by atoms with Gasteiger partial charge in [0.1, 0.15) is 0 Å². The van der Waals surface area contributed by atoms with Crippen LogP contribution in [0.2, 0.25) is 0 Å². The number of hydrogen-bond donors (Lipinski definition) is 0. The van der Waals surface area contributed by atoms with E-state index >= 15 is 0 Å². The second kappa shape index (κ2) is 7.43. The maximum atomic E-state index is 4.48. The van der Waals surface area contributed by atoms with E-state index in [4.69, 9.17) is 0 Å². The Morgan fingerprint density at radius 2 is 1.83 bits per heavy atom. The molecule has 1 aromatic heterocycles. The van der Waals surface area contributed by atoms with E-state index in [1.807, 2.05) is 30.3 Å². The SMILES string of the molecule is c1ccc(-c2nnn(CCCCCN(CC3CC3)C3CC3)n2)cc1. The fraction of sp³-hybridized carbons (Fsp3) is 0.632. The molecule has 2 aliphatic rings. The van der Waals surface area contributed by atoms with Crippen molar-refractivity contribution in [1.29, 1.82) is 0 Å². The Morgan fingerprint density at radius 3 is 2.58 bits per heavy atom. The van der Waals surface area contributed by atoms with E-state index in [9.17, 15) is 0 Å². The van der Waals surface area contributed by atoms with Crippen molar-refractivity contribution in [2.45, 2.75) is 57.5 Å². The van der Waals surface area contributed by atoms with Crippen molar-refractivity contribution in [3.05, 3.63) is 30.3 Å². The Bertz CT molecular complexity index is 630. The highest BCUT2D eigenvalue weighted by Crippen LogP contribution is 2.34. The molecule has 2 fully saturated rings. The number of tetrazole rings is 1. The molecule has 2 aromatic rings. The third kappa shape index (κ3) is 4.41. The van der Waals surface area contributed by atoms with Gasteiger partial charge in [-0.3, -0.25) is 0 Å². The van der Waals surface area contributed by atoms with Gasteiger partial charge in [0, 0.05) is 18.2 Å². The molecule has 1 heterocycles. The number of hydrogen-bond acceptors (Lipinski definition) is 4. The smallest absolute Gasteiger partial charge is 0.204 e. The van der Waals surface area contributed by atoms with Gasteiger partial charge in [0.05, 0.1) is 6.54 Å². The first-order chi connectivity index (χ1) is 11.9. The number of nitrogens with zero attached hydrogens (tertiary/aromatic N) is 5. The van der Waals surface area contributed by atoms with Crippen molar-refractivity contribution in [3.8, 4) is 11.4 Å². The first-order valence-electron chi connectivity index (χ1n) is 9.46. The number of rotatable bonds is 10. The summed E-state index contributed by atoms with van der Waals surface area (Å²) in [5, 5.41) is 12.8. The number of benzene rings is 1. The Labute approximate surface area is 144 Å². The molecule has 0 spiro atoms. The second-order valence-corrected chi connectivity index (χ2v) is 7.31. The quantitative estimate of drug-likeness (QED) is 0.628. The van der Waals surface area contributed by atoms with Crippen LogP contribution in [0.3, 0.4) is 0 Å². The molecule has 128 valence electrons. The maximum absolute atomic E-state index is 4.48. The molecule has 5 nitrogen and oxygen atoms in total. The van der Waals surface area contributed by atoms with Crippen molar-refractivity contribution < 1.29 is 0 Å². The average Bonchev–Trinajstić information content (AvgIpc) is 3.54. The third-order valence-electron chi connectivity index (χ3n) is 5.04. The highest BCUT2D eigenvalue weighted by Gasteiger charge is 2.32. The lowest BCUT2D eigenvalue weighted by atomic mass is 10.2. The molecular formula is C19H27N5. The van der Waals surface area contributed by atoms with E-state index in [0.717, 1.165) is 36.3 Å². The van der Waals surface area contributed by atoms with Gasteiger partial charge >= 0.3 is 0 Å². The van der Waals surface area contributed by atoms with Gasteiger partial charge in [-0.1, -0.05) is 36.8 Å². The monoisotopic (exact) mass is 325 g/mol. The van der Waals surface area contributed by atoms with Gasteiger partial charge in [0.2, 0.25) is 5.82 Å². The Kier molecular flexibility index (Phi) is 4.88. The summed E-state index contributed by atoms with van der Waals surface area (Å²) in [5.41, 5.74) is 1.03. The molecule has 0 radical (unpaired) electrons. The zero-order valence-electron chi connectivity index (χ0n) is 14.3. The molecule has 1 aromatic carbocycles. The predicted octanol–water partition coefficient (Wildman–Crippen LogP) is 3.38. The fourth-order valence-corrected chi connectivity index (χ4v) is 3.28. The van der Waals surface area contributed by atoms with Crippen LogP contribution in [-0.4, -0.2) is 44.2 Å². The standard InChI is InChI=1S/C19H27N5/c1-3-7-17(8-4-1)19-20-22-24(21-19)14-6-2-5-13-23(18-11-12-18)15-16-9-10-16/h1,3-4,7-8,16,18H,2,5-6,9-15H2. The Balaban J connectivity index is 1.17. The Morgan fingerprint density at radius 1 is 1.00 bits per heavy atom. The van der Waals surface area contributed by atoms with Gasteiger partial charge in [-0.2, -0.15) is 4.80 Å². The molecule has 0 unspecified atom stereocenters. The minimum atomic E-state index is 0.722.